The summed E-state index contributed by atoms with van der Waals surface area (Å²) in [5.41, 5.74) is -0.0695. The number of thioether (sulfide) groups is 1. The Kier molecular flexibility index (Phi) is 5.41. The van der Waals surface area contributed by atoms with Crippen molar-refractivity contribution >= 4 is 17.7 Å². The van der Waals surface area contributed by atoms with Crippen LogP contribution in [0.3, 0.4) is 0 Å². The minimum Gasteiger partial charge on any atom is -0.466 e. The number of aromatic nitrogens is 1. The summed E-state index contributed by atoms with van der Waals surface area (Å²) in [6.45, 7) is 1.73. The van der Waals surface area contributed by atoms with Crippen molar-refractivity contribution in [3.63, 3.8) is 0 Å². The Balaban J connectivity index is 1.70. The van der Waals surface area contributed by atoms with Crippen molar-refractivity contribution in [1.29, 1.82) is 0 Å². The van der Waals surface area contributed by atoms with Gasteiger partial charge in [-0.25, -0.2) is 0 Å². The van der Waals surface area contributed by atoms with Crippen LogP contribution in [0.15, 0.2) is 47.3 Å². The molecule has 0 spiro atoms. The third-order valence-electron chi connectivity index (χ3n) is 2.93. The first-order valence-corrected chi connectivity index (χ1v) is 7.73. The molecule has 2 aromatic heterocycles. The van der Waals surface area contributed by atoms with E-state index in [2.05, 4.69) is 10.3 Å². The molecule has 112 valence electrons. The van der Waals surface area contributed by atoms with Gasteiger partial charge in [0.25, 0.3) is 0 Å². The van der Waals surface area contributed by atoms with Gasteiger partial charge < -0.3 is 14.8 Å². The van der Waals surface area contributed by atoms with Gasteiger partial charge in [0.2, 0.25) is 5.91 Å². The molecule has 1 unspecified atom stereocenters. The molecule has 2 N–H and O–H groups in total. The Morgan fingerprint density at radius 1 is 1.43 bits per heavy atom. The number of rotatable bonds is 7. The van der Waals surface area contributed by atoms with Crippen LogP contribution in [0.1, 0.15) is 18.2 Å². The summed E-state index contributed by atoms with van der Waals surface area (Å²) >= 11 is 1.52. The molecule has 0 aliphatic rings. The molecule has 0 aliphatic carbocycles. The molecule has 2 aromatic rings. The second-order valence-corrected chi connectivity index (χ2v) is 5.86. The molecule has 0 aliphatic heterocycles. The Morgan fingerprint density at radius 3 is 2.86 bits per heavy atom. The molecule has 21 heavy (non-hydrogen) atoms. The fourth-order valence-electron chi connectivity index (χ4n) is 1.73. The van der Waals surface area contributed by atoms with E-state index in [1.165, 1.54) is 18.0 Å². The van der Waals surface area contributed by atoms with Gasteiger partial charge in [-0.1, -0.05) is 0 Å². The van der Waals surface area contributed by atoms with Gasteiger partial charge in [0.15, 0.2) is 0 Å². The fourth-order valence-corrected chi connectivity index (χ4v) is 2.55. The number of furan rings is 1. The van der Waals surface area contributed by atoms with Crippen molar-refractivity contribution in [1.82, 2.24) is 10.3 Å². The molecular weight excluding hydrogens is 288 g/mol. The quantitative estimate of drug-likeness (QED) is 0.817. The van der Waals surface area contributed by atoms with Crippen molar-refractivity contribution in [3.05, 3.63) is 54.2 Å². The molecule has 5 nitrogen and oxygen atoms in total. The van der Waals surface area contributed by atoms with E-state index >= 15 is 0 Å². The summed E-state index contributed by atoms with van der Waals surface area (Å²) in [4.78, 5) is 15.7. The third-order valence-corrected chi connectivity index (χ3v) is 3.94. The van der Waals surface area contributed by atoms with Crippen LogP contribution in [0, 0.1) is 0 Å². The number of aliphatic hydroxyl groups is 1. The van der Waals surface area contributed by atoms with Gasteiger partial charge >= 0.3 is 0 Å². The minimum atomic E-state index is -1.20. The summed E-state index contributed by atoms with van der Waals surface area (Å²) in [7, 11) is 0. The Morgan fingerprint density at radius 2 is 2.19 bits per heavy atom. The lowest BCUT2D eigenvalue weighted by atomic mass is 10.0. The molecule has 0 fully saturated rings. The molecule has 1 amide bonds. The Hall–Kier alpha value is -1.79. The summed E-state index contributed by atoms with van der Waals surface area (Å²) in [6, 6.07) is 7.24. The third kappa shape index (κ3) is 4.91. The SMILES string of the molecule is CC(O)(CNC(=O)CSCc1ccncc1)c1ccco1. The predicted octanol–water partition coefficient (Wildman–Crippen LogP) is 1.93. The van der Waals surface area contributed by atoms with Gasteiger partial charge in [-0.2, -0.15) is 0 Å². The van der Waals surface area contributed by atoms with Crippen molar-refractivity contribution in [2.45, 2.75) is 18.3 Å². The lowest BCUT2D eigenvalue weighted by Gasteiger charge is -2.21. The fraction of sp³-hybridized carbons (Fsp3) is 0.333. The van der Waals surface area contributed by atoms with Gasteiger partial charge in [-0.15, -0.1) is 11.8 Å². The van der Waals surface area contributed by atoms with E-state index in [1.807, 2.05) is 12.1 Å². The lowest BCUT2D eigenvalue weighted by molar-refractivity contribution is -0.119. The van der Waals surface area contributed by atoms with E-state index < -0.39 is 5.60 Å². The van der Waals surface area contributed by atoms with Crippen LogP contribution in [-0.4, -0.2) is 28.3 Å². The maximum absolute atomic E-state index is 11.8. The standard InChI is InChI=1S/C15H18N2O3S/c1-15(19,13-3-2-8-20-13)11-17-14(18)10-21-9-12-4-6-16-7-5-12/h2-8,19H,9-11H2,1H3,(H,17,18). The zero-order valence-electron chi connectivity index (χ0n) is 11.8. The summed E-state index contributed by atoms with van der Waals surface area (Å²) in [6.07, 6.45) is 4.96. The number of hydrogen-bond donors (Lipinski definition) is 2. The number of amides is 1. The van der Waals surface area contributed by atoms with E-state index in [4.69, 9.17) is 4.42 Å². The first kappa shape index (κ1) is 15.6. The number of nitrogens with zero attached hydrogens (tertiary/aromatic N) is 1. The number of nitrogens with one attached hydrogen (secondary N) is 1. The maximum Gasteiger partial charge on any atom is 0.230 e. The highest BCUT2D eigenvalue weighted by atomic mass is 32.2. The molecular formula is C15H18N2O3S. The van der Waals surface area contributed by atoms with Crippen LogP contribution in [0.4, 0.5) is 0 Å². The van der Waals surface area contributed by atoms with E-state index in [0.29, 0.717) is 11.5 Å². The average Bonchev–Trinajstić information content (AvgIpc) is 3.01. The number of carbonyl (C=O) groups is 1. The molecule has 2 heterocycles. The van der Waals surface area contributed by atoms with Crippen LogP contribution in [0.5, 0.6) is 0 Å². The van der Waals surface area contributed by atoms with Gasteiger partial charge in [0, 0.05) is 18.1 Å². The lowest BCUT2D eigenvalue weighted by Crippen LogP contribution is -2.39. The number of carbonyl (C=O) groups excluding carboxylic acids is 1. The first-order chi connectivity index (χ1) is 10.1. The van der Waals surface area contributed by atoms with Crippen LogP contribution in [0.2, 0.25) is 0 Å². The zero-order valence-corrected chi connectivity index (χ0v) is 12.6. The van der Waals surface area contributed by atoms with E-state index in [9.17, 15) is 9.90 Å². The zero-order chi connectivity index (χ0) is 15.1. The molecule has 2 rings (SSSR count). The van der Waals surface area contributed by atoms with Crippen LogP contribution < -0.4 is 5.32 Å². The van der Waals surface area contributed by atoms with E-state index in [1.54, 1.807) is 31.5 Å². The summed E-state index contributed by atoms with van der Waals surface area (Å²) < 4.78 is 5.16. The molecule has 0 saturated carbocycles. The number of pyridine rings is 1. The molecule has 1 atom stereocenters. The average molecular weight is 306 g/mol. The monoisotopic (exact) mass is 306 g/mol. The molecule has 0 saturated heterocycles. The van der Waals surface area contributed by atoms with Crippen molar-refractivity contribution in [3.8, 4) is 0 Å². The number of hydrogen-bond acceptors (Lipinski definition) is 5. The normalized spacial score (nSPS) is 13.6. The van der Waals surface area contributed by atoms with Crippen LogP contribution >= 0.6 is 11.8 Å². The summed E-state index contributed by atoms with van der Waals surface area (Å²) in [5, 5.41) is 12.9. The largest absolute Gasteiger partial charge is 0.466 e. The van der Waals surface area contributed by atoms with Crippen LogP contribution in [-0.2, 0) is 16.1 Å². The predicted molar refractivity (Wildman–Crippen MR) is 81.7 cm³/mol. The Bertz CT molecular complexity index is 556. The summed E-state index contributed by atoms with van der Waals surface area (Å²) in [5.74, 6) is 1.43. The van der Waals surface area contributed by atoms with Crippen molar-refractivity contribution < 1.29 is 14.3 Å². The highest BCUT2D eigenvalue weighted by Crippen LogP contribution is 2.19. The second kappa shape index (κ2) is 7.28. The molecule has 6 heteroatoms. The topological polar surface area (TPSA) is 75.4 Å². The highest BCUT2D eigenvalue weighted by molar-refractivity contribution is 7.99. The van der Waals surface area contributed by atoms with E-state index in [0.717, 1.165) is 11.3 Å². The second-order valence-electron chi connectivity index (χ2n) is 4.88. The smallest absolute Gasteiger partial charge is 0.230 e. The molecule has 0 bridgehead atoms. The van der Waals surface area contributed by atoms with E-state index in [-0.39, 0.29) is 12.5 Å². The maximum atomic E-state index is 11.8. The van der Waals surface area contributed by atoms with Gasteiger partial charge in [0.05, 0.1) is 18.6 Å². The van der Waals surface area contributed by atoms with Gasteiger partial charge in [-0.05, 0) is 36.8 Å². The van der Waals surface area contributed by atoms with Crippen molar-refractivity contribution in [2.24, 2.45) is 0 Å². The van der Waals surface area contributed by atoms with Gasteiger partial charge in [-0.3, -0.25) is 9.78 Å². The van der Waals surface area contributed by atoms with Crippen LogP contribution in [0.25, 0.3) is 0 Å². The van der Waals surface area contributed by atoms with Crippen molar-refractivity contribution in [2.75, 3.05) is 12.3 Å². The first-order valence-electron chi connectivity index (χ1n) is 6.57. The minimum absolute atomic E-state index is 0.110. The molecule has 0 radical (unpaired) electrons. The van der Waals surface area contributed by atoms with Gasteiger partial charge in [0.1, 0.15) is 11.4 Å². The highest BCUT2D eigenvalue weighted by Gasteiger charge is 2.26. The Labute approximate surface area is 127 Å². The molecule has 0 aromatic carbocycles.